The zero-order valence-electron chi connectivity index (χ0n) is 10.1. The first-order valence-corrected chi connectivity index (χ1v) is 5.70. The van der Waals surface area contributed by atoms with E-state index in [2.05, 4.69) is 28.3 Å². The highest BCUT2D eigenvalue weighted by Crippen LogP contribution is 2.27. The van der Waals surface area contributed by atoms with Gasteiger partial charge in [-0.2, -0.15) is 0 Å². The van der Waals surface area contributed by atoms with E-state index in [0.29, 0.717) is 24.0 Å². The van der Waals surface area contributed by atoms with E-state index in [1.807, 2.05) is 0 Å². The van der Waals surface area contributed by atoms with Gasteiger partial charge in [-0.15, -0.1) is 0 Å². The highest BCUT2D eigenvalue weighted by molar-refractivity contribution is 6.08. The van der Waals surface area contributed by atoms with Crippen molar-refractivity contribution in [2.45, 2.75) is 46.4 Å². The first kappa shape index (κ1) is 13.5. The van der Waals surface area contributed by atoms with Crippen LogP contribution in [-0.2, 0) is 4.79 Å². The molecule has 2 heteroatoms. The molecule has 0 aromatic rings. The lowest BCUT2D eigenvalue weighted by molar-refractivity contribution is -0.117. The molecule has 0 unspecified atom stereocenters. The van der Waals surface area contributed by atoms with E-state index in [4.69, 9.17) is 0 Å². The maximum absolute atomic E-state index is 10.9. The van der Waals surface area contributed by atoms with Crippen molar-refractivity contribution in [2.75, 3.05) is 0 Å². The molecule has 0 aromatic carbocycles. The fourth-order valence-electron chi connectivity index (χ4n) is 1.69. The van der Waals surface area contributed by atoms with E-state index in [1.165, 1.54) is 5.57 Å². The largest absolute Gasteiger partial charge is 0.300 e. The van der Waals surface area contributed by atoms with Gasteiger partial charge in [-0.05, 0) is 31.6 Å². The number of carbonyl (C=O) groups excluding carboxylic acids is 1. The van der Waals surface area contributed by atoms with Crippen LogP contribution in [0.5, 0.6) is 0 Å². The number of rotatable bonds is 7. The van der Waals surface area contributed by atoms with Crippen molar-refractivity contribution in [3.8, 4) is 0 Å². The molecule has 0 spiro atoms. The average molecular weight is 194 g/mol. The van der Waals surface area contributed by atoms with Crippen molar-refractivity contribution >= 4 is 13.6 Å². The fourth-order valence-corrected chi connectivity index (χ4v) is 1.69. The molecule has 0 fully saturated rings. The molecule has 0 bridgehead atoms. The van der Waals surface area contributed by atoms with E-state index in [1.54, 1.807) is 6.92 Å². The number of Topliss-reactive ketones (excluding diaryl/α,β-unsaturated/α-hetero) is 1. The molecule has 14 heavy (non-hydrogen) atoms. The Bertz CT molecular complexity index is 198. The molecule has 0 N–H and O–H groups in total. The van der Waals surface area contributed by atoms with Crippen LogP contribution >= 0.6 is 0 Å². The van der Waals surface area contributed by atoms with Crippen LogP contribution < -0.4 is 0 Å². The van der Waals surface area contributed by atoms with Gasteiger partial charge < -0.3 is 4.79 Å². The summed E-state index contributed by atoms with van der Waals surface area (Å²) in [6, 6.07) is 0. The van der Waals surface area contributed by atoms with Gasteiger partial charge in [0.1, 0.15) is 13.6 Å². The van der Waals surface area contributed by atoms with E-state index >= 15 is 0 Å². The molecule has 0 aliphatic heterocycles. The Kier molecular flexibility index (Phi) is 6.60. The van der Waals surface area contributed by atoms with Crippen molar-refractivity contribution < 1.29 is 4.79 Å². The van der Waals surface area contributed by atoms with Gasteiger partial charge in [0.05, 0.1) is 0 Å². The first-order chi connectivity index (χ1) is 6.52. The third-order valence-corrected chi connectivity index (χ3v) is 3.11. The second kappa shape index (κ2) is 6.86. The van der Waals surface area contributed by atoms with Gasteiger partial charge >= 0.3 is 0 Å². The normalized spacial score (nSPS) is 14.8. The number of ketones is 1. The van der Waals surface area contributed by atoms with Crippen LogP contribution in [0.15, 0.2) is 12.2 Å². The molecule has 0 rings (SSSR count). The van der Waals surface area contributed by atoms with Crippen LogP contribution in [-0.4, -0.2) is 13.6 Å². The van der Waals surface area contributed by atoms with Crippen LogP contribution in [0.25, 0.3) is 0 Å². The summed E-state index contributed by atoms with van der Waals surface area (Å²) in [4.78, 5) is 10.9. The summed E-state index contributed by atoms with van der Waals surface area (Å²) < 4.78 is 0. The minimum Gasteiger partial charge on any atom is -0.300 e. The fraction of sp³-hybridized carbons (Fsp3) is 0.750. The standard InChI is InChI=1S/C12H23BO/c1-5-12(7-6-10(3)14)11(4)9(2)8-13/h9,12H,4-8,13H2,1-3H3/t9-,12-/m0/s1. The van der Waals surface area contributed by atoms with Gasteiger partial charge in [-0.25, -0.2) is 0 Å². The number of hydrogen-bond donors (Lipinski definition) is 0. The molecule has 0 aliphatic rings. The maximum Gasteiger partial charge on any atom is 0.129 e. The van der Waals surface area contributed by atoms with Crippen molar-refractivity contribution in [1.82, 2.24) is 0 Å². The SMILES string of the molecule is BC[C@H](C)C(=C)[C@@H](CC)CCC(C)=O. The van der Waals surface area contributed by atoms with Gasteiger partial charge in [-0.1, -0.05) is 32.3 Å². The van der Waals surface area contributed by atoms with Crippen molar-refractivity contribution in [2.24, 2.45) is 11.8 Å². The third-order valence-electron chi connectivity index (χ3n) is 3.11. The van der Waals surface area contributed by atoms with E-state index in [-0.39, 0.29) is 0 Å². The molecular weight excluding hydrogens is 171 g/mol. The van der Waals surface area contributed by atoms with Crippen molar-refractivity contribution in [3.63, 3.8) is 0 Å². The van der Waals surface area contributed by atoms with Crippen molar-refractivity contribution in [3.05, 3.63) is 12.2 Å². The molecule has 1 nitrogen and oxygen atoms in total. The van der Waals surface area contributed by atoms with Gasteiger partial charge in [-0.3, -0.25) is 0 Å². The van der Waals surface area contributed by atoms with Crippen LogP contribution in [0, 0.1) is 11.8 Å². The monoisotopic (exact) mass is 194 g/mol. The summed E-state index contributed by atoms with van der Waals surface area (Å²) in [6.07, 6.45) is 3.94. The van der Waals surface area contributed by atoms with Gasteiger partial charge in [0.15, 0.2) is 0 Å². The molecule has 2 atom stereocenters. The Morgan fingerprint density at radius 1 is 1.50 bits per heavy atom. The highest BCUT2D eigenvalue weighted by Gasteiger charge is 2.15. The van der Waals surface area contributed by atoms with Gasteiger partial charge in [0, 0.05) is 6.42 Å². The summed E-state index contributed by atoms with van der Waals surface area (Å²) in [6.45, 7) is 10.2. The number of allylic oxidation sites excluding steroid dienone is 1. The van der Waals surface area contributed by atoms with Gasteiger partial charge in [0.25, 0.3) is 0 Å². The molecule has 0 aliphatic carbocycles. The molecular formula is C12H23BO. The summed E-state index contributed by atoms with van der Waals surface area (Å²) in [5, 5.41) is 0. The molecule has 0 radical (unpaired) electrons. The molecule has 0 aromatic heterocycles. The highest BCUT2D eigenvalue weighted by atomic mass is 16.1. The maximum atomic E-state index is 10.9. The molecule has 0 amide bonds. The van der Waals surface area contributed by atoms with Crippen LogP contribution in [0.1, 0.15) is 40.0 Å². The molecule has 80 valence electrons. The lowest BCUT2D eigenvalue weighted by atomic mass is 9.79. The minimum atomic E-state index is 0.292. The zero-order chi connectivity index (χ0) is 11.1. The van der Waals surface area contributed by atoms with E-state index in [9.17, 15) is 4.79 Å². The average Bonchev–Trinajstić information content (AvgIpc) is 2.16. The van der Waals surface area contributed by atoms with Gasteiger partial charge in [0.2, 0.25) is 0 Å². The number of hydrogen-bond acceptors (Lipinski definition) is 1. The summed E-state index contributed by atoms with van der Waals surface area (Å²) >= 11 is 0. The lowest BCUT2D eigenvalue weighted by Gasteiger charge is -2.22. The lowest BCUT2D eigenvalue weighted by Crippen LogP contribution is -2.10. The van der Waals surface area contributed by atoms with E-state index in [0.717, 1.165) is 19.2 Å². The summed E-state index contributed by atoms with van der Waals surface area (Å²) in [7, 11) is 2.19. The minimum absolute atomic E-state index is 0.292. The number of carbonyl (C=O) groups is 1. The molecule has 0 saturated carbocycles. The Labute approximate surface area is 89.4 Å². The van der Waals surface area contributed by atoms with Crippen molar-refractivity contribution in [1.29, 1.82) is 0 Å². The second-order valence-electron chi connectivity index (χ2n) is 4.23. The molecule has 0 saturated heterocycles. The smallest absolute Gasteiger partial charge is 0.129 e. The first-order valence-electron chi connectivity index (χ1n) is 5.70. The second-order valence-corrected chi connectivity index (χ2v) is 4.23. The Balaban J connectivity index is 4.12. The predicted molar refractivity (Wildman–Crippen MR) is 65.4 cm³/mol. The zero-order valence-corrected chi connectivity index (χ0v) is 10.1. The molecule has 0 heterocycles. The quantitative estimate of drug-likeness (QED) is 0.449. The summed E-state index contributed by atoms with van der Waals surface area (Å²) in [5.41, 5.74) is 1.33. The topological polar surface area (TPSA) is 17.1 Å². The third kappa shape index (κ3) is 4.64. The van der Waals surface area contributed by atoms with Crippen LogP contribution in [0.2, 0.25) is 6.32 Å². The Morgan fingerprint density at radius 3 is 2.43 bits per heavy atom. The Morgan fingerprint density at radius 2 is 2.07 bits per heavy atom. The van der Waals surface area contributed by atoms with Crippen LogP contribution in [0.4, 0.5) is 0 Å². The van der Waals surface area contributed by atoms with Crippen LogP contribution in [0.3, 0.4) is 0 Å². The predicted octanol–water partition coefficient (Wildman–Crippen LogP) is 2.63. The van der Waals surface area contributed by atoms with E-state index < -0.39 is 0 Å². The summed E-state index contributed by atoms with van der Waals surface area (Å²) in [5.74, 6) is 1.42. The Hall–Kier alpha value is -0.525.